The molecule has 0 spiro atoms. The zero-order chi connectivity index (χ0) is 20.2. The molecule has 0 bridgehead atoms. The molecular formula is C23H51N3O. The molecule has 4 nitrogen and oxygen atoms in total. The number of aliphatic hydroxyl groups is 1. The van der Waals surface area contributed by atoms with Crippen LogP contribution in [0.3, 0.4) is 0 Å². The SMILES string of the molecule is CCCCCCCCCCCCCCCCCCN(CCO)C(N)(N)CC. The Morgan fingerprint density at radius 3 is 1.30 bits per heavy atom. The highest BCUT2D eigenvalue weighted by Crippen LogP contribution is 2.14. The van der Waals surface area contributed by atoms with Gasteiger partial charge in [0.15, 0.2) is 0 Å². The van der Waals surface area contributed by atoms with Gasteiger partial charge >= 0.3 is 0 Å². The van der Waals surface area contributed by atoms with Crippen LogP contribution in [0.4, 0.5) is 0 Å². The van der Waals surface area contributed by atoms with Crippen molar-refractivity contribution in [2.75, 3.05) is 19.7 Å². The van der Waals surface area contributed by atoms with Crippen LogP contribution in [-0.2, 0) is 0 Å². The fourth-order valence-corrected chi connectivity index (χ4v) is 3.72. The third-order valence-electron chi connectivity index (χ3n) is 5.81. The number of hydrogen-bond acceptors (Lipinski definition) is 4. The van der Waals surface area contributed by atoms with Crippen LogP contribution in [0.2, 0.25) is 0 Å². The average molecular weight is 386 g/mol. The lowest BCUT2D eigenvalue weighted by Gasteiger charge is -2.36. The maximum Gasteiger partial charge on any atom is 0.120 e. The van der Waals surface area contributed by atoms with E-state index >= 15 is 0 Å². The molecule has 27 heavy (non-hydrogen) atoms. The smallest absolute Gasteiger partial charge is 0.120 e. The summed E-state index contributed by atoms with van der Waals surface area (Å²) in [5, 5.41) is 9.18. The molecule has 0 rings (SSSR count). The fraction of sp³-hybridized carbons (Fsp3) is 1.00. The molecule has 0 saturated carbocycles. The van der Waals surface area contributed by atoms with Crippen molar-refractivity contribution < 1.29 is 5.11 Å². The number of hydrogen-bond donors (Lipinski definition) is 3. The second-order valence-corrected chi connectivity index (χ2v) is 8.36. The average Bonchev–Trinajstić information content (AvgIpc) is 2.66. The van der Waals surface area contributed by atoms with Gasteiger partial charge in [-0.1, -0.05) is 110 Å². The molecule has 5 N–H and O–H groups in total. The maximum absolute atomic E-state index is 9.18. The molecule has 0 saturated heterocycles. The summed E-state index contributed by atoms with van der Waals surface area (Å²) in [5.74, 6) is -0.780. The molecule has 4 heteroatoms. The lowest BCUT2D eigenvalue weighted by molar-refractivity contribution is 0.0694. The largest absolute Gasteiger partial charge is 0.395 e. The summed E-state index contributed by atoms with van der Waals surface area (Å²) < 4.78 is 0. The number of nitrogens with zero attached hydrogens (tertiary/aromatic N) is 1. The summed E-state index contributed by atoms with van der Waals surface area (Å²) >= 11 is 0. The Morgan fingerprint density at radius 2 is 0.963 bits per heavy atom. The molecule has 0 radical (unpaired) electrons. The van der Waals surface area contributed by atoms with Crippen LogP contribution in [0, 0.1) is 0 Å². The lowest BCUT2D eigenvalue weighted by atomic mass is 10.0. The van der Waals surface area contributed by atoms with Crippen molar-refractivity contribution >= 4 is 0 Å². The van der Waals surface area contributed by atoms with E-state index in [1.54, 1.807) is 0 Å². The molecule has 164 valence electrons. The van der Waals surface area contributed by atoms with Gasteiger partial charge in [0.2, 0.25) is 0 Å². The third-order valence-corrected chi connectivity index (χ3v) is 5.81. The first kappa shape index (κ1) is 26.8. The van der Waals surface area contributed by atoms with Gasteiger partial charge in [-0.3, -0.25) is 4.90 Å². The van der Waals surface area contributed by atoms with Crippen LogP contribution < -0.4 is 11.5 Å². The molecule has 0 aromatic carbocycles. The highest BCUT2D eigenvalue weighted by molar-refractivity contribution is 4.76. The van der Waals surface area contributed by atoms with E-state index in [9.17, 15) is 5.11 Å². The van der Waals surface area contributed by atoms with Crippen molar-refractivity contribution in [2.45, 2.75) is 129 Å². The molecule has 0 amide bonds. The molecule has 0 unspecified atom stereocenters. The van der Waals surface area contributed by atoms with E-state index in [-0.39, 0.29) is 6.61 Å². The van der Waals surface area contributed by atoms with Crippen molar-refractivity contribution in [1.82, 2.24) is 4.90 Å². The van der Waals surface area contributed by atoms with Gasteiger partial charge in [0.05, 0.1) is 6.61 Å². The van der Waals surface area contributed by atoms with Gasteiger partial charge in [0.25, 0.3) is 0 Å². The van der Waals surface area contributed by atoms with E-state index in [4.69, 9.17) is 11.5 Å². The molecule has 0 heterocycles. The van der Waals surface area contributed by atoms with E-state index in [0.29, 0.717) is 13.0 Å². The van der Waals surface area contributed by atoms with Crippen molar-refractivity contribution in [3.05, 3.63) is 0 Å². The van der Waals surface area contributed by atoms with Gasteiger partial charge in [-0.25, -0.2) is 0 Å². The second-order valence-electron chi connectivity index (χ2n) is 8.36. The Hall–Kier alpha value is -0.160. The Morgan fingerprint density at radius 1 is 0.593 bits per heavy atom. The van der Waals surface area contributed by atoms with Crippen LogP contribution in [0.1, 0.15) is 123 Å². The first-order valence-corrected chi connectivity index (χ1v) is 12.0. The van der Waals surface area contributed by atoms with Crippen LogP contribution in [0.5, 0.6) is 0 Å². The number of aliphatic hydroxyl groups excluding tert-OH is 1. The van der Waals surface area contributed by atoms with Crippen molar-refractivity contribution in [3.63, 3.8) is 0 Å². The first-order chi connectivity index (χ1) is 13.1. The Bertz CT molecular complexity index is 297. The van der Waals surface area contributed by atoms with Gasteiger partial charge in [-0.2, -0.15) is 0 Å². The minimum atomic E-state index is -0.780. The van der Waals surface area contributed by atoms with Crippen molar-refractivity contribution in [2.24, 2.45) is 11.5 Å². The second kappa shape index (κ2) is 19.2. The highest BCUT2D eigenvalue weighted by atomic mass is 16.3. The van der Waals surface area contributed by atoms with E-state index in [2.05, 4.69) is 6.92 Å². The predicted octanol–water partition coefficient (Wildman–Crippen LogP) is 5.52. The summed E-state index contributed by atoms with van der Waals surface area (Å²) in [6.45, 7) is 5.86. The lowest BCUT2D eigenvalue weighted by Crippen LogP contribution is -2.63. The summed E-state index contributed by atoms with van der Waals surface area (Å²) in [4.78, 5) is 2.02. The number of unbranched alkanes of at least 4 members (excludes halogenated alkanes) is 15. The monoisotopic (exact) mass is 385 g/mol. The van der Waals surface area contributed by atoms with Gasteiger partial charge < -0.3 is 16.6 Å². The molecule has 0 fully saturated rings. The van der Waals surface area contributed by atoms with Crippen LogP contribution in [0.25, 0.3) is 0 Å². The molecule has 0 aromatic heterocycles. The zero-order valence-corrected chi connectivity index (χ0v) is 18.7. The Balaban J connectivity index is 3.35. The van der Waals surface area contributed by atoms with E-state index in [1.807, 2.05) is 11.8 Å². The standard InChI is InChI=1S/C23H51N3O/c1-3-5-6-7-8-9-10-11-12-13-14-15-16-17-18-19-20-26(21-22-27)23(24,25)4-2/h27H,3-22,24-25H2,1-2H3. The van der Waals surface area contributed by atoms with E-state index in [1.165, 1.54) is 96.3 Å². The minimum absolute atomic E-state index is 0.120. The van der Waals surface area contributed by atoms with Crippen LogP contribution in [0.15, 0.2) is 0 Å². The fourth-order valence-electron chi connectivity index (χ4n) is 3.72. The molecule has 0 aliphatic rings. The van der Waals surface area contributed by atoms with Gasteiger partial charge in [0.1, 0.15) is 5.79 Å². The summed E-state index contributed by atoms with van der Waals surface area (Å²) in [7, 11) is 0. The van der Waals surface area contributed by atoms with Crippen LogP contribution in [-0.4, -0.2) is 35.5 Å². The first-order valence-electron chi connectivity index (χ1n) is 12.0. The van der Waals surface area contributed by atoms with Crippen LogP contribution >= 0.6 is 0 Å². The van der Waals surface area contributed by atoms with Crippen molar-refractivity contribution in [1.29, 1.82) is 0 Å². The number of nitrogens with two attached hydrogens (primary N) is 2. The molecule has 0 atom stereocenters. The van der Waals surface area contributed by atoms with Gasteiger partial charge in [0, 0.05) is 13.1 Å². The maximum atomic E-state index is 9.18. The third kappa shape index (κ3) is 16.5. The molecule has 0 aromatic rings. The summed E-state index contributed by atoms with van der Waals surface area (Å²) in [5.41, 5.74) is 12.2. The van der Waals surface area contributed by atoms with E-state index < -0.39 is 5.79 Å². The molecule has 0 aliphatic carbocycles. The molecular weight excluding hydrogens is 334 g/mol. The molecule has 0 aliphatic heterocycles. The quantitative estimate of drug-likeness (QED) is 0.179. The van der Waals surface area contributed by atoms with Gasteiger partial charge in [-0.05, 0) is 12.8 Å². The topological polar surface area (TPSA) is 75.5 Å². The Labute approximate surface area is 170 Å². The number of rotatable bonds is 21. The van der Waals surface area contributed by atoms with Crippen molar-refractivity contribution in [3.8, 4) is 0 Å². The zero-order valence-electron chi connectivity index (χ0n) is 18.7. The Kier molecular flexibility index (Phi) is 19.1. The highest BCUT2D eigenvalue weighted by Gasteiger charge is 2.24. The minimum Gasteiger partial charge on any atom is -0.395 e. The normalized spacial score (nSPS) is 12.2. The van der Waals surface area contributed by atoms with E-state index in [0.717, 1.165) is 13.0 Å². The van der Waals surface area contributed by atoms with Gasteiger partial charge in [-0.15, -0.1) is 0 Å². The summed E-state index contributed by atoms with van der Waals surface area (Å²) in [6, 6.07) is 0. The predicted molar refractivity (Wildman–Crippen MR) is 120 cm³/mol. The summed E-state index contributed by atoms with van der Waals surface area (Å²) in [6.07, 6.45) is 22.8.